The maximum Gasteiger partial charge on any atom is 0.506 e. The highest BCUT2D eigenvalue weighted by molar-refractivity contribution is 6.59. The molecular weight excluding hydrogens is 1140 g/mol. The van der Waals surface area contributed by atoms with Crippen LogP contribution in [0.1, 0.15) is 41.5 Å². The quantitative estimate of drug-likeness (QED) is 0.0689. The zero-order valence-corrected chi connectivity index (χ0v) is 48.5. The van der Waals surface area contributed by atoms with Gasteiger partial charge in [0.05, 0.1) is 67.9 Å². The predicted molar refractivity (Wildman–Crippen MR) is 326 cm³/mol. The topological polar surface area (TPSA) is 304 Å². The lowest BCUT2D eigenvalue weighted by Crippen LogP contribution is -2.40. The number of nitrogens with two attached hydrogens (primary N) is 2. The molecule has 0 saturated carbocycles. The molecule has 0 spiro atoms. The van der Waals surface area contributed by atoms with E-state index in [0.717, 1.165) is 55.3 Å². The molecule has 0 bridgehead atoms. The Morgan fingerprint density at radius 2 is 1.21 bits per heavy atom. The Bertz CT molecular complexity index is 4270. The highest BCUT2D eigenvalue weighted by Crippen LogP contribution is 2.32. The van der Waals surface area contributed by atoms with E-state index >= 15 is 0 Å². The third-order valence-corrected chi connectivity index (χ3v) is 12.7. The molecule has 8 aromatic heterocycles. The minimum absolute atomic E-state index is 0.0930. The number of hydrogen-bond acceptors (Lipinski definition) is 16. The van der Waals surface area contributed by atoms with E-state index in [9.17, 15) is 19.6 Å². The molecule has 0 unspecified atom stereocenters. The summed E-state index contributed by atoms with van der Waals surface area (Å²) in [6.07, 6.45) is 8.24. The van der Waals surface area contributed by atoms with Crippen molar-refractivity contribution in [1.82, 2.24) is 68.6 Å². The van der Waals surface area contributed by atoms with E-state index in [1.165, 1.54) is 33.9 Å². The number of aromatic nitrogens is 14. The average molecular weight is 1190 g/mol. The van der Waals surface area contributed by atoms with Crippen molar-refractivity contribution in [2.75, 3.05) is 11.5 Å². The van der Waals surface area contributed by atoms with Crippen LogP contribution in [0.25, 0.3) is 82.9 Å². The maximum absolute atomic E-state index is 12.7. The summed E-state index contributed by atoms with van der Waals surface area (Å²) in [6, 6.07) is 33.6. The molecule has 8 heterocycles. The third kappa shape index (κ3) is 14.3. The van der Waals surface area contributed by atoms with E-state index < -0.39 is 30.5 Å². The summed E-state index contributed by atoms with van der Waals surface area (Å²) in [6.45, 7) is 18.1. The number of H-pyrrole nitrogens is 2. The summed E-state index contributed by atoms with van der Waals surface area (Å²) in [7, 11) is 0.0423. The number of anilines is 2. The second kappa shape index (κ2) is 26.1. The molecule has 0 aliphatic rings. The van der Waals surface area contributed by atoms with E-state index in [1.807, 2.05) is 110 Å². The van der Waals surface area contributed by atoms with Crippen molar-refractivity contribution in [3.63, 3.8) is 0 Å². The van der Waals surface area contributed by atoms with Gasteiger partial charge < -0.3 is 36.0 Å². The summed E-state index contributed by atoms with van der Waals surface area (Å²) in [5, 5.41) is 31.8. The number of para-hydroxylation sites is 6. The molecule has 0 aliphatic heterocycles. The molecule has 12 aromatic rings. The second-order valence-electron chi connectivity index (χ2n) is 20.1. The molecule has 0 atom stereocenters. The standard InChI is InChI=1S/C17H16ClN3O2.C13H16BNO4.C13H12N6.C10H9N5.C4H2Cl2N2/c1-17(2,3)23-16(22)21-12-7-5-4-6-11(12)10-13(21)14-15(18)20-9-8-19-14;1-13(2,3)19-12(16)15-10-7-5-4-6-9(10)8-11(15)14(17)18;1-15-8-19-11-6-4-3-5-10(11)17-13(19)9-7-16-18(2)12(9)14;11-9-6(5-12-15-9)10-13-7-3-1-2-4-8(7)14-10;5-3-4(6)8-2-1-7-3/h4-10H,1-3H3;4-8,17-18H,1-3H3;3-7H,8,14H2,2H3;1-5H,(H,13,14)(H3,11,12,15);1-2H. The molecule has 0 saturated heterocycles. The lowest BCUT2D eigenvalue weighted by molar-refractivity contribution is 0.0536. The lowest BCUT2D eigenvalue weighted by Gasteiger charge is -2.21. The van der Waals surface area contributed by atoms with E-state index in [1.54, 1.807) is 69.2 Å². The van der Waals surface area contributed by atoms with Crippen LogP contribution in [0, 0.1) is 6.57 Å². The normalized spacial score (nSPS) is 11.1. The smallest absolute Gasteiger partial charge is 0.443 e. The Morgan fingerprint density at radius 3 is 1.75 bits per heavy atom. The number of nitrogens with one attached hydrogen (secondary N) is 2. The molecule has 12 rings (SSSR count). The first-order valence-electron chi connectivity index (χ1n) is 25.5. The molecular formula is C57H55BCl3N17O6. The molecule has 0 radical (unpaired) electrons. The summed E-state index contributed by atoms with van der Waals surface area (Å²) >= 11 is 17.0. The number of hydrogen-bond donors (Lipinski definition) is 6. The van der Waals surface area contributed by atoms with Gasteiger partial charge in [0.1, 0.15) is 34.4 Å². The van der Waals surface area contributed by atoms with Crippen molar-refractivity contribution >= 4 is 115 Å². The molecule has 0 aliphatic carbocycles. The van der Waals surface area contributed by atoms with Crippen LogP contribution in [0.2, 0.25) is 15.5 Å². The van der Waals surface area contributed by atoms with Gasteiger partial charge >= 0.3 is 19.3 Å². The van der Waals surface area contributed by atoms with Gasteiger partial charge in [0.25, 0.3) is 6.67 Å². The molecule has 428 valence electrons. The van der Waals surface area contributed by atoms with Crippen molar-refractivity contribution in [3.05, 3.63) is 173 Å². The van der Waals surface area contributed by atoms with Crippen molar-refractivity contribution in [2.24, 2.45) is 7.05 Å². The zero-order chi connectivity index (χ0) is 60.5. The number of fused-ring (bicyclic) bond motifs is 4. The van der Waals surface area contributed by atoms with Gasteiger partial charge in [-0.25, -0.2) is 50.6 Å². The first kappa shape index (κ1) is 60.5. The summed E-state index contributed by atoms with van der Waals surface area (Å²) in [4.78, 5) is 56.1. The Balaban J connectivity index is 0.000000141. The van der Waals surface area contributed by atoms with Gasteiger partial charge in [-0.3, -0.25) is 23.8 Å². The number of nitrogens with zero attached hydrogens (tertiary/aromatic N) is 13. The van der Waals surface area contributed by atoms with Crippen LogP contribution >= 0.6 is 34.8 Å². The fourth-order valence-electron chi connectivity index (χ4n) is 8.19. The van der Waals surface area contributed by atoms with Crippen LogP contribution in [-0.2, 0) is 23.2 Å². The van der Waals surface area contributed by atoms with Gasteiger partial charge in [-0.05, 0) is 95.5 Å². The monoisotopic (exact) mass is 1190 g/mol. The van der Waals surface area contributed by atoms with E-state index in [0.29, 0.717) is 34.4 Å². The molecule has 23 nitrogen and oxygen atoms in total. The minimum atomic E-state index is -1.74. The number of carbonyl (C=O) groups is 2. The Labute approximate surface area is 495 Å². The van der Waals surface area contributed by atoms with Gasteiger partial charge in [-0.2, -0.15) is 10.2 Å². The van der Waals surface area contributed by atoms with Crippen molar-refractivity contribution in [2.45, 2.75) is 59.4 Å². The Hall–Kier alpha value is -9.64. The zero-order valence-electron chi connectivity index (χ0n) is 46.3. The summed E-state index contributed by atoms with van der Waals surface area (Å²) < 4.78 is 16.9. The van der Waals surface area contributed by atoms with Crippen molar-refractivity contribution < 1.29 is 29.1 Å². The molecule has 4 aromatic carbocycles. The van der Waals surface area contributed by atoms with E-state index in [-0.39, 0.29) is 27.7 Å². The highest BCUT2D eigenvalue weighted by Gasteiger charge is 2.28. The van der Waals surface area contributed by atoms with Gasteiger partial charge in [-0.1, -0.05) is 95.5 Å². The molecule has 84 heavy (non-hydrogen) atoms. The van der Waals surface area contributed by atoms with Gasteiger partial charge in [0, 0.05) is 37.2 Å². The third-order valence-electron chi connectivity index (χ3n) is 11.8. The SMILES string of the molecule is CC(C)(C)OC(=O)n1c(-c2nccnc2Cl)cc2ccccc21.CC(C)(C)OC(=O)n1c(B(O)O)cc2ccccc21.Clc1nccnc1Cl.Nc1[nH]ncc1-c1nc2ccccc2[nH]1.[C-]#[N+]Cn1c(-c2cnn(C)c2N)nc2ccccc21. The highest BCUT2D eigenvalue weighted by atomic mass is 35.5. The van der Waals surface area contributed by atoms with Crippen LogP contribution in [-0.4, -0.2) is 109 Å². The Morgan fingerprint density at radius 1 is 0.679 bits per heavy atom. The second-order valence-corrected chi connectivity index (χ2v) is 21.1. The first-order chi connectivity index (χ1) is 40.0. The van der Waals surface area contributed by atoms with Gasteiger partial charge in [0.15, 0.2) is 21.3 Å². The maximum atomic E-state index is 12.7. The predicted octanol–water partition coefficient (Wildman–Crippen LogP) is 10.9. The van der Waals surface area contributed by atoms with Crippen LogP contribution in [0.4, 0.5) is 21.2 Å². The van der Waals surface area contributed by atoms with Crippen molar-refractivity contribution in [1.29, 1.82) is 0 Å². The van der Waals surface area contributed by atoms with Crippen LogP contribution in [0.3, 0.4) is 0 Å². The van der Waals surface area contributed by atoms with E-state index in [4.69, 9.17) is 62.3 Å². The number of ether oxygens (including phenoxy) is 2. The Kier molecular flexibility index (Phi) is 18.8. The van der Waals surface area contributed by atoms with Crippen LogP contribution < -0.4 is 17.1 Å². The number of nitrogen functional groups attached to an aromatic ring is 2. The number of aryl methyl sites for hydroxylation is 1. The van der Waals surface area contributed by atoms with Crippen LogP contribution in [0.15, 0.2) is 146 Å². The number of aromatic amines is 2. The number of benzene rings is 4. The number of imidazole rings is 2. The average Bonchev–Trinajstić information content (AvgIpc) is 3.50. The molecule has 8 N–H and O–H groups in total. The lowest BCUT2D eigenvalue weighted by atomic mass is 9.86. The first-order valence-corrected chi connectivity index (χ1v) is 26.6. The fraction of sp³-hybridized carbons (Fsp3) is 0.175. The largest absolute Gasteiger partial charge is 0.506 e. The molecule has 27 heteroatoms. The number of rotatable bonds is 5. The fourth-order valence-corrected chi connectivity index (χ4v) is 8.60. The van der Waals surface area contributed by atoms with Crippen LogP contribution in [0.5, 0.6) is 0 Å². The molecule has 0 amide bonds. The van der Waals surface area contributed by atoms with Gasteiger partial charge in [0.2, 0.25) is 0 Å². The van der Waals surface area contributed by atoms with E-state index in [2.05, 4.69) is 55.0 Å². The van der Waals surface area contributed by atoms with Crippen molar-refractivity contribution in [3.8, 4) is 34.2 Å². The number of carbonyl (C=O) groups excluding carboxylic acids is 2. The number of halogens is 3. The summed E-state index contributed by atoms with van der Waals surface area (Å²) in [5.74, 6) is 2.49. The molecule has 0 fully saturated rings. The summed E-state index contributed by atoms with van der Waals surface area (Å²) in [5.41, 5.74) is 18.1. The van der Waals surface area contributed by atoms with Gasteiger partial charge in [-0.15, -0.1) is 0 Å². The minimum Gasteiger partial charge on any atom is -0.443 e.